The lowest BCUT2D eigenvalue weighted by atomic mass is 9.89. The molecule has 0 spiro atoms. The number of fused-ring (bicyclic) bond motifs is 2. The first-order valence-corrected chi connectivity index (χ1v) is 7.32. The molecule has 0 unspecified atom stereocenters. The standard InChI is InChI=1S/C20H13NO/c21-17-9-7-13-12-4-2-6-16-18(22)10-8-14(20(12)16)11-3-1-5-15(17)19(11)13/h1-10,22H,21H2. The summed E-state index contributed by atoms with van der Waals surface area (Å²) in [6.45, 7) is 0. The zero-order valence-electron chi connectivity index (χ0n) is 11.8. The van der Waals surface area contributed by atoms with Gasteiger partial charge in [-0.05, 0) is 39.1 Å². The molecule has 0 saturated carbocycles. The molecule has 0 fully saturated rings. The molecule has 22 heavy (non-hydrogen) atoms. The van der Waals surface area contributed by atoms with Crippen molar-refractivity contribution in [2.75, 3.05) is 5.73 Å². The van der Waals surface area contributed by atoms with Gasteiger partial charge in [-0.2, -0.15) is 0 Å². The molecule has 104 valence electrons. The largest absolute Gasteiger partial charge is 0.507 e. The maximum atomic E-state index is 10.2. The van der Waals surface area contributed by atoms with Gasteiger partial charge in [0.05, 0.1) is 0 Å². The van der Waals surface area contributed by atoms with E-state index in [0.717, 1.165) is 32.6 Å². The Morgan fingerprint density at radius 1 is 0.545 bits per heavy atom. The summed E-state index contributed by atoms with van der Waals surface area (Å²) in [6.07, 6.45) is 0. The van der Waals surface area contributed by atoms with Gasteiger partial charge in [0.1, 0.15) is 5.75 Å². The molecule has 0 radical (unpaired) electrons. The van der Waals surface area contributed by atoms with Crippen molar-refractivity contribution in [3.8, 4) is 5.75 Å². The molecule has 0 atom stereocenters. The number of benzene rings is 5. The summed E-state index contributed by atoms with van der Waals surface area (Å²) in [6, 6.07) is 20.2. The molecule has 0 aromatic heterocycles. The number of hydrogen-bond acceptors (Lipinski definition) is 2. The molecular formula is C20H13NO. The van der Waals surface area contributed by atoms with Crippen molar-refractivity contribution >= 4 is 48.8 Å². The fourth-order valence-electron chi connectivity index (χ4n) is 3.72. The van der Waals surface area contributed by atoms with Gasteiger partial charge >= 0.3 is 0 Å². The smallest absolute Gasteiger partial charge is 0.123 e. The van der Waals surface area contributed by atoms with Crippen molar-refractivity contribution in [1.29, 1.82) is 0 Å². The minimum atomic E-state index is 0.326. The molecule has 5 rings (SSSR count). The minimum absolute atomic E-state index is 0.326. The van der Waals surface area contributed by atoms with Crippen molar-refractivity contribution in [2.45, 2.75) is 0 Å². The molecule has 5 aromatic carbocycles. The molecule has 0 bridgehead atoms. The average molecular weight is 283 g/mol. The van der Waals surface area contributed by atoms with E-state index < -0.39 is 0 Å². The second-order valence-electron chi connectivity index (χ2n) is 5.79. The minimum Gasteiger partial charge on any atom is -0.507 e. The van der Waals surface area contributed by atoms with Gasteiger partial charge in [-0.25, -0.2) is 0 Å². The van der Waals surface area contributed by atoms with E-state index in [1.807, 2.05) is 30.3 Å². The first-order valence-electron chi connectivity index (χ1n) is 7.32. The van der Waals surface area contributed by atoms with E-state index >= 15 is 0 Å². The van der Waals surface area contributed by atoms with Gasteiger partial charge in [0, 0.05) is 21.8 Å². The molecule has 0 amide bonds. The number of rotatable bonds is 0. The predicted molar refractivity (Wildman–Crippen MR) is 93.7 cm³/mol. The van der Waals surface area contributed by atoms with Crippen LogP contribution in [-0.4, -0.2) is 5.11 Å². The summed E-state index contributed by atoms with van der Waals surface area (Å²) < 4.78 is 0. The van der Waals surface area contributed by atoms with Crippen LogP contribution in [0.4, 0.5) is 5.69 Å². The van der Waals surface area contributed by atoms with Crippen LogP contribution >= 0.6 is 0 Å². The van der Waals surface area contributed by atoms with E-state index in [-0.39, 0.29) is 0 Å². The van der Waals surface area contributed by atoms with Crippen LogP contribution in [-0.2, 0) is 0 Å². The van der Waals surface area contributed by atoms with Gasteiger partial charge < -0.3 is 10.8 Å². The fourth-order valence-corrected chi connectivity index (χ4v) is 3.72. The number of anilines is 1. The molecule has 5 aromatic rings. The van der Waals surface area contributed by atoms with Crippen LogP contribution in [0.1, 0.15) is 0 Å². The zero-order valence-corrected chi connectivity index (χ0v) is 11.8. The third-order valence-corrected chi connectivity index (χ3v) is 4.67. The summed E-state index contributed by atoms with van der Waals surface area (Å²) in [5, 5.41) is 19.2. The lowest BCUT2D eigenvalue weighted by Gasteiger charge is -2.15. The van der Waals surface area contributed by atoms with Gasteiger partial charge in [-0.3, -0.25) is 0 Å². The van der Waals surface area contributed by atoms with Crippen LogP contribution in [0.2, 0.25) is 0 Å². The summed E-state index contributed by atoms with van der Waals surface area (Å²) in [7, 11) is 0. The van der Waals surface area contributed by atoms with Crippen molar-refractivity contribution in [3.63, 3.8) is 0 Å². The van der Waals surface area contributed by atoms with E-state index in [4.69, 9.17) is 5.73 Å². The van der Waals surface area contributed by atoms with Crippen LogP contribution in [0.25, 0.3) is 43.1 Å². The van der Waals surface area contributed by atoms with E-state index in [2.05, 4.69) is 24.3 Å². The molecule has 2 nitrogen and oxygen atoms in total. The average Bonchev–Trinajstić information content (AvgIpc) is 2.55. The lowest BCUT2D eigenvalue weighted by molar-refractivity contribution is 0.482. The van der Waals surface area contributed by atoms with Crippen molar-refractivity contribution in [1.82, 2.24) is 0 Å². The van der Waals surface area contributed by atoms with Crippen LogP contribution in [0.3, 0.4) is 0 Å². The zero-order chi connectivity index (χ0) is 14.8. The second kappa shape index (κ2) is 3.80. The molecule has 0 aliphatic heterocycles. The monoisotopic (exact) mass is 283 g/mol. The SMILES string of the molecule is Nc1ccc2c3cccc4c(O)ccc(c5cccc1c25)c43. The summed E-state index contributed by atoms with van der Waals surface area (Å²) in [4.78, 5) is 0. The highest BCUT2D eigenvalue weighted by molar-refractivity contribution is 6.34. The van der Waals surface area contributed by atoms with Crippen molar-refractivity contribution < 1.29 is 5.11 Å². The molecule has 2 heteroatoms. The Morgan fingerprint density at radius 3 is 1.77 bits per heavy atom. The first-order chi connectivity index (χ1) is 10.8. The number of nitrogen functional groups attached to an aromatic ring is 1. The van der Waals surface area contributed by atoms with Gasteiger partial charge in [-0.1, -0.05) is 48.5 Å². The quantitative estimate of drug-likeness (QED) is 0.238. The molecule has 0 saturated heterocycles. The third kappa shape index (κ3) is 1.25. The number of phenolic OH excluding ortho intramolecular Hbond substituents is 1. The van der Waals surface area contributed by atoms with Gasteiger partial charge in [0.25, 0.3) is 0 Å². The Hall–Kier alpha value is -3.00. The van der Waals surface area contributed by atoms with Crippen LogP contribution in [0.5, 0.6) is 5.75 Å². The Balaban J connectivity index is 2.28. The summed E-state index contributed by atoms with van der Waals surface area (Å²) in [5.41, 5.74) is 6.98. The van der Waals surface area contributed by atoms with Crippen LogP contribution in [0.15, 0.2) is 60.7 Å². The highest BCUT2D eigenvalue weighted by Gasteiger charge is 2.14. The second-order valence-corrected chi connectivity index (χ2v) is 5.79. The molecule has 0 heterocycles. The molecule has 0 aliphatic rings. The highest BCUT2D eigenvalue weighted by Crippen LogP contribution is 2.43. The maximum absolute atomic E-state index is 10.2. The first kappa shape index (κ1) is 11.6. The summed E-state index contributed by atoms with van der Waals surface area (Å²) in [5.74, 6) is 0.326. The predicted octanol–water partition coefficient (Wildman–Crippen LogP) is 5.03. The van der Waals surface area contributed by atoms with Crippen molar-refractivity contribution in [2.24, 2.45) is 0 Å². The number of nitrogens with two attached hydrogens (primary N) is 1. The van der Waals surface area contributed by atoms with Gasteiger partial charge in [0.2, 0.25) is 0 Å². The number of phenols is 1. The maximum Gasteiger partial charge on any atom is 0.123 e. The van der Waals surface area contributed by atoms with Gasteiger partial charge in [0.15, 0.2) is 0 Å². The molecular weight excluding hydrogens is 270 g/mol. The third-order valence-electron chi connectivity index (χ3n) is 4.67. The van der Waals surface area contributed by atoms with Crippen molar-refractivity contribution in [3.05, 3.63) is 60.7 Å². The number of aromatic hydroxyl groups is 1. The van der Waals surface area contributed by atoms with Crippen LogP contribution < -0.4 is 5.73 Å². The molecule has 3 N–H and O–H groups in total. The normalized spacial score (nSPS) is 12.0. The lowest BCUT2D eigenvalue weighted by Crippen LogP contribution is -1.91. The highest BCUT2D eigenvalue weighted by atomic mass is 16.3. The molecule has 0 aliphatic carbocycles. The fraction of sp³-hybridized carbons (Fsp3) is 0. The topological polar surface area (TPSA) is 46.2 Å². The summed E-state index contributed by atoms with van der Waals surface area (Å²) >= 11 is 0. The Labute approximate surface area is 126 Å². The number of hydrogen-bond donors (Lipinski definition) is 2. The van der Waals surface area contributed by atoms with E-state index in [0.29, 0.717) is 5.75 Å². The van der Waals surface area contributed by atoms with E-state index in [9.17, 15) is 5.11 Å². The van der Waals surface area contributed by atoms with Gasteiger partial charge in [-0.15, -0.1) is 0 Å². The van der Waals surface area contributed by atoms with E-state index in [1.54, 1.807) is 6.07 Å². The Kier molecular flexibility index (Phi) is 2.01. The Bertz CT molecular complexity index is 1070. The van der Waals surface area contributed by atoms with Crippen LogP contribution in [0, 0.1) is 0 Å². The van der Waals surface area contributed by atoms with E-state index in [1.165, 1.54) is 16.2 Å². The Morgan fingerprint density at radius 2 is 1.05 bits per heavy atom.